The Kier molecular flexibility index (Phi) is 7.52. The van der Waals surface area contributed by atoms with Crippen molar-refractivity contribution in [3.8, 4) is 0 Å². The molecule has 3 atom stereocenters. The Bertz CT molecular complexity index is 1240. The zero-order valence-electron chi connectivity index (χ0n) is 20.0. The van der Waals surface area contributed by atoms with E-state index >= 15 is 0 Å². The molecule has 2 aromatic rings. The number of primary amides is 1. The van der Waals surface area contributed by atoms with E-state index in [2.05, 4.69) is 15.6 Å². The van der Waals surface area contributed by atoms with E-state index < -0.39 is 79.4 Å². The monoisotopic (exact) mass is 536 g/mol. The maximum absolute atomic E-state index is 13.7. The molecule has 0 unspecified atom stereocenters. The van der Waals surface area contributed by atoms with Crippen LogP contribution in [0.1, 0.15) is 36.8 Å². The molecule has 1 aliphatic heterocycles. The number of aliphatic imine (C=N–C) groups is 1. The summed E-state index contributed by atoms with van der Waals surface area (Å²) in [7, 11) is 0. The van der Waals surface area contributed by atoms with Gasteiger partial charge in [0.05, 0.1) is 17.3 Å². The molecule has 202 valence electrons. The first-order chi connectivity index (χ1) is 17.8. The number of carbonyl (C=O) groups excluding carboxylic acids is 3. The third-order valence-electron chi connectivity index (χ3n) is 6.74. The number of benzene rings is 2. The van der Waals surface area contributed by atoms with Crippen LogP contribution in [-0.4, -0.2) is 41.7 Å². The summed E-state index contributed by atoms with van der Waals surface area (Å²) < 4.78 is 66.2. The highest BCUT2D eigenvalue weighted by Gasteiger charge is 2.53. The van der Waals surface area contributed by atoms with Crippen LogP contribution in [0, 0.1) is 17.8 Å². The van der Waals surface area contributed by atoms with Crippen LogP contribution in [0.2, 0.25) is 0 Å². The van der Waals surface area contributed by atoms with E-state index in [-0.39, 0.29) is 0 Å². The highest BCUT2D eigenvalue weighted by Crippen LogP contribution is 2.49. The summed E-state index contributed by atoms with van der Waals surface area (Å²) in [5.74, 6) is -10.5. The maximum Gasteiger partial charge on any atom is 0.389 e. The SMILES string of the molecule is NC(=O)[C@H](CCC(F)(F)F)[C@@H](C(=O)N[C@H]1N=C(c2ccccc2)c2ccccc2NC1=O)C1CC(F)(F)C1. The molecule has 12 heteroatoms. The van der Waals surface area contributed by atoms with Crippen molar-refractivity contribution >= 4 is 29.1 Å². The van der Waals surface area contributed by atoms with Gasteiger partial charge in [0.15, 0.2) is 0 Å². The first kappa shape index (κ1) is 27.2. The number of alkyl halides is 5. The lowest BCUT2D eigenvalue weighted by molar-refractivity contribution is -0.162. The van der Waals surface area contributed by atoms with Gasteiger partial charge in [-0.05, 0) is 18.4 Å². The highest BCUT2D eigenvalue weighted by molar-refractivity contribution is 6.19. The second kappa shape index (κ2) is 10.5. The van der Waals surface area contributed by atoms with Gasteiger partial charge in [0.2, 0.25) is 23.9 Å². The number of benzodiazepines with no additional fused rings is 1. The second-order valence-corrected chi connectivity index (χ2v) is 9.50. The number of rotatable bonds is 8. The molecule has 4 rings (SSSR count). The smallest absolute Gasteiger partial charge is 0.369 e. The van der Waals surface area contributed by atoms with Crippen LogP contribution in [0.25, 0.3) is 0 Å². The van der Waals surface area contributed by atoms with Gasteiger partial charge < -0.3 is 16.4 Å². The van der Waals surface area contributed by atoms with Crippen LogP contribution in [0.4, 0.5) is 27.6 Å². The van der Waals surface area contributed by atoms with Gasteiger partial charge in [0.1, 0.15) is 0 Å². The van der Waals surface area contributed by atoms with Crippen molar-refractivity contribution in [2.75, 3.05) is 5.32 Å². The zero-order valence-corrected chi connectivity index (χ0v) is 20.0. The molecule has 1 saturated carbocycles. The summed E-state index contributed by atoms with van der Waals surface area (Å²) in [6.07, 6.45) is -10.1. The van der Waals surface area contributed by atoms with Crippen LogP contribution in [0.3, 0.4) is 0 Å². The van der Waals surface area contributed by atoms with Gasteiger partial charge in [0, 0.05) is 36.3 Å². The molecule has 2 aromatic carbocycles. The van der Waals surface area contributed by atoms with E-state index in [0.29, 0.717) is 22.5 Å². The quantitative estimate of drug-likeness (QED) is 0.443. The number of nitrogens with two attached hydrogens (primary N) is 1. The molecular weight excluding hydrogens is 511 g/mol. The minimum atomic E-state index is -4.65. The minimum absolute atomic E-state index is 0.347. The third-order valence-corrected chi connectivity index (χ3v) is 6.74. The summed E-state index contributed by atoms with van der Waals surface area (Å²) in [6, 6.07) is 15.5. The van der Waals surface area contributed by atoms with Gasteiger partial charge in [0.25, 0.3) is 5.91 Å². The van der Waals surface area contributed by atoms with Crippen molar-refractivity contribution < 1.29 is 36.3 Å². The fourth-order valence-electron chi connectivity index (χ4n) is 4.92. The first-order valence-electron chi connectivity index (χ1n) is 11.9. The zero-order chi connectivity index (χ0) is 27.7. The lowest BCUT2D eigenvalue weighted by atomic mass is 9.67. The van der Waals surface area contributed by atoms with Gasteiger partial charge >= 0.3 is 6.18 Å². The standard InChI is InChI=1S/C26H25F5N4O3/c27-25(28)12-15(13-25)19(17(21(32)36)10-11-26(29,30)31)23(37)35-22-24(38)33-18-9-5-4-8-16(18)20(34-22)14-6-2-1-3-7-14/h1-9,15,17,19,22H,10-13H2,(H2,32,36)(H,33,38)(H,35,37)/t17-,19+,22-/m1/s1. The Hall–Kier alpha value is -3.83. The Balaban J connectivity index is 1.67. The van der Waals surface area contributed by atoms with Gasteiger partial charge in [-0.1, -0.05) is 48.5 Å². The van der Waals surface area contributed by atoms with Gasteiger partial charge in [-0.25, -0.2) is 13.8 Å². The lowest BCUT2D eigenvalue weighted by Crippen LogP contribution is -2.53. The van der Waals surface area contributed by atoms with Crippen LogP contribution in [0.5, 0.6) is 0 Å². The molecule has 0 saturated heterocycles. The fourth-order valence-corrected chi connectivity index (χ4v) is 4.92. The van der Waals surface area contributed by atoms with E-state index in [9.17, 15) is 36.3 Å². The predicted molar refractivity (Wildman–Crippen MR) is 128 cm³/mol. The third kappa shape index (κ3) is 6.17. The predicted octanol–water partition coefficient (Wildman–Crippen LogP) is 4.02. The molecule has 1 fully saturated rings. The summed E-state index contributed by atoms with van der Waals surface area (Å²) in [5.41, 5.74) is 7.28. The van der Waals surface area contributed by atoms with Gasteiger partial charge in [-0.3, -0.25) is 14.4 Å². The van der Waals surface area contributed by atoms with E-state index in [0.717, 1.165) is 0 Å². The second-order valence-electron chi connectivity index (χ2n) is 9.50. The highest BCUT2D eigenvalue weighted by atomic mass is 19.4. The summed E-state index contributed by atoms with van der Waals surface area (Å²) in [6.45, 7) is 0. The number of para-hydroxylation sites is 1. The Morgan fingerprint density at radius 1 is 1.08 bits per heavy atom. The summed E-state index contributed by atoms with van der Waals surface area (Å²) >= 11 is 0. The van der Waals surface area contributed by atoms with Gasteiger partial charge in [-0.2, -0.15) is 13.2 Å². The Morgan fingerprint density at radius 2 is 1.71 bits per heavy atom. The number of hydrogen-bond donors (Lipinski definition) is 3. The van der Waals surface area contributed by atoms with Crippen molar-refractivity contribution in [3.63, 3.8) is 0 Å². The van der Waals surface area contributed by atoms with Crippen LogP contribution in [-0.2, 0) is 14.4 Å². The molecule has 3 amide bonds. The van der Waals surface area contributed by atoms with Crippen LogP contribution >= 0.6 is 0 Å². The van der Waals surface area contributed by atoms with Crippen LogP contribution in [0.15, 0.2) is 59.6 Å². The molecule has 4 N–H and O–H groups in total. The number of fused-ring (bicyclic) bond motifs is 1. The molecule has 0 radical (unpaired) electrons. The molecule has 1 aliphatic carbocycles. The average molecular weight is 537 g/mol. The van der Waals surface area contributed by atoms with E-state index in [4.69, 9.17) is 5.73 Å². The van der Waals surface area contributed by atoms with Crippen molar-refractivity contribution in [1.29, 1.82) is 0 Å². The first-order valence-corrected chi connectivity index (χ1v) is 11.9. The minimum Gasteiger partial charge on any atom is -0.369 e. The largest absolute Gasteiger partial charge is 0.389 e. The number of nitrogens with zero attached hydrogens (tertiary/aromatic N) is 1. The molecule has 1 heterocycles. The van der Waals surface area contributed by atoms with Crippen molar-refractivity contribution in [2.24, 2.45) is 28.5 Å². The van der Waals surface area contributed by atoms with Gasteiger partial charge in [-0.15, -0.1) is 0 Å². The maximum atomic E-state index is 13.7. The lowest BCUT2D eigenvalue weighted by Gasteiger charge is -2.41. The molecule has 0 spiro atoms. The topological polar surface area (TPSA) is 114 Å². The molecule has 2 aliphatic rings. The fraction of sp³-hybridized carbons (Fsp3) is 0.385. The molecule has 0 bridgehead atoms. The van der Waals surface area contributed by atoms with E-state index in [1.54, 1.807) is 54.6 Å². The number of anilines is 1. The van der Waals surface area contributed by atoms with Crippen molar-refractivity contribution in [2.45, 2.75) is 43.9 Å². The van der Waals surface area contributed by atoms with E-state index in [1.807, 2.05) is 0 Å². The number of nitrogens with one attached hydrogen (secondary N) is 2. The number of halogens is 5. The van der Waals surface area contributed by atoms with Crippen molar-refractivity contribution in [1.82, 2.24) is 5.32 Å². The summed E-state index contributed by atoms with van der Waals surface area (Å²) in [4.78, 5) is 43.0. The Morgan fingerprint density at radius 3 is 2.32 bits per heavy atom. The average Bonchev–Trinajstić information content (AvgIpc) is 2.96. The molecular formula is C26H25F5N4O3. The Labute approximate surface area is 214 Å². The number of amides is 3. The number of hydrogen-bond acceptors (Lipinski definition) is 4. The summed E-state index contributed by atoms with van der Waals surface area (Å²) in [5, 5.41) is 5.04. The number of carbonyl (C=O) groups is 3. The van der Waals surface area contributed by atoms with Crippen LogP contribution < -0.4 is 16.4 Å². The van der Waals surface area contributed by atoms with E-state index in [1.165, 1.54) is 0 Å². The normalized spacial score (nSPS) is 20.6. The molecule has 0 aromatic heterocycles. The van der Waals surface area contributed by atoms with Crippen molar-refractivity contribution in [3.05, 3.63) is 65.7 Å². The molecule has 38 heavy (non-hydrogen) atoms. The molecule has 7 nitrogen and oxygen atoms in total.